The number of sulfonamides is 1. The van der Waals surface area contributed by atoms with Gasteiger partial charge in [0.05, 0.1) is 43.4 Å². The highest BCUT2D eigenvalue weighted by molar-refractivity contribution is 7.92. The Morgan fingerprint density at radius 1 is 1.26 bits per heavy atom. The van der Waals surface area contributed by atoms with E-state index in [1.54, 1.807) is 18.2 Å². The van der Waals surface area contributed by atoms with Gasteiger partial charge in [-0.15, -0.1) is 0 Å². The van der Waals surface area contributed by atoms with E-state index in [4.69, 9.17) is 9.47 Å². The number of non-ortho nitro benzene ring substituents is 1. The topological polar surface area (TPSA) is 144 Å². The second-order valence-electron chi connectivity index (χ2n) is 7.36. The predicted octanol–water partition coefficient (Wildman–Crippen LogP) is 1.36. The van der Waals surface area contributed by atoms with E-state index in [1.165, 1.54) is 37.6 Å². The van der Waals surface area contributed by atoms with Gasteiger partial charge in [-0.2, -0.15) is 5.10 Å². The van der Waals surface area contributed by atoms with Crippen LogP contribution in [-0.2, 0) is 19.6 Å². The van der Waals surface area contributed by atoms with E-state index in [9.17, 15) is 23.3 Å². The number of hydrogen-bond acceptors (Lipinski definition) is 9. The summed E-state index contributed by atoms with van der Waals surface area (Å²) in [6.07, 6.45) is 2.29. The molecule has 1 saturated heterocycles. The molecule has 0 saturated carbocycles. The maximum absolute atomic E-state index is 12.5. The Kier molecular flexibility index (Phi) is 8.02. The van der Waals surface area contributed by atoms with Crippen LogP contribution >= 0.6 is 0 Å². The smallest absolute Gasteiger partial charge is 0.270 e. The number of methoxy groups -OCH3 is 1. The molecule has 1 heterocycles. The first-order valence-electron chi connectivity index (χ1n) is 10.2. The Balaban J connectivity index is 1.76. The molecule has 1 aliphatic rings. The number of nitrogens with one attached hydrogen (secondary N) is 1. The third kappa shape index (κ3) is 6.42. The number of nitro benzene ring substituents is 1. The SMILES string of the molecule is COc1ccc(N(CC(=O)N/N=C\c2cc([N+](=O)[O-])ccc2N2CCOCC2)S(C)(=O)=O)cc1. The highest BCUT2D eigenvalue weighted by Crippen LogP contribution is 2.25. The van der Waals surface area contributed by atoms with Gasteiger partial charge in [-0.3, -0.25) is 19.2 Å². The number of carbonyl (C=O) groups excluding carboxylic acids is 1. The molecule has 0 spiro atoms. The lowest BCUT2D eigenvalue weighted by Gasteiger charge is -2.29. The van der Waals surface area contributed by atoms with Crippen molar-refractivity contribution in [2.24, 2.45) is 5.10 Å². The Labute approximate surface area is 197 Å². The van der Waals surface area contributed by atoms with Gasteiger partial charge in [0.15, 0.2) is 0 Å². The lowest BCUT2D eigenvalue weighted by atomic mass is 10.1. The van der Waals surface area contributed by atoms with Gasteiger partial charge in [0.1, 0.15) is 12.3 Å². The molecular weight excluding hydrogens is 466 g/mol. The zero-order valence-electron chi connectivity index (χ0n) is 18.7. The monoisotopic (exact) mass is 491 g/mol. The van der Waals surface area contributed by atoms with Crippen LogP contribution in [-0.4, -0.2) is 71.7 Å². The summed E-state index contributed by atoms with van der Waals surface area (Å²) in [5, 5.41) is 15.1. The second-order valence-corrected chi connectivity index (χ2v) is 9.27. The zero-order chi connectivity index (χ0) is 24.7. The fourth-order valence-electron chi connectivity index (χ4n) is 3.34. The Hall–Kier alpha value is -3.71. The standard InChI is InChI=1S/C21H25N5O7S/c1-32-19-6-3-17(4-7-19)25(34(2,30)31)15-21(27)23-22-14-16-13-18(26(28)29)5-8-20(16)24-9-11-33-12-10-24/h3-8,13-14H,9-12,15H2,1-2H3,(H,23,27)/b22-14-. The normalized spacial score (nSPS) is 14.1. The van der Waals surface area contributed by atoms with Crippen molar-refractivity contribution in [2.75, 3.05) is 55.4 Å². The summed E-state index contributed by atoms with van der Waals surface area (Å²) >= 11 is 0. The number of rotatable bonds is 9. The summed E-state index contributed by atoms with van der Waals surface area (Å²) in [5.74, 6) is -0.143. The number of carbonyl (C=O) groups is 1. The Bertz CT molecular complexity index is 1160. The molecule has 2 aromatic carbocycles. The molecule has 182 valence electrons. The van der Waals surface area contributed by atoms with Gasteiger partial charge in [0.2, 0.25) is 10.0 Å². The largest absolute Gasteiger partial charge is 0.497 e. The number of ether oxygens (including phenoxy) is 2. The van der Waals surface area contributed by atoms with E-state index in [1.807, 2.05) is 4.90 Å². The highest BCUT2D eigenvalue weighted by Gasteiger charge is 2.21. The van der Waals surface area contributed by atoms with Crippen LogP contribution in [0.25, 0.3) is 0 Å². The molecule has 3 rings (SSSR count). The quantitative estimate of drug-likeness (QED) is 0.315. The number of nitrogens with zero attached hydrogens (tertiary/aromatic N) is 4. The van der Waals surface area contributed by atoms with E-state index >= 15 is 0 Å². The lowest BCUT2D eigenvalue weighted by Crippen LogP contribution is -2.39. The molecule has 0 bridgehead atoms. The molecule has 1 N–H and O–H groups in total. The zero-order valence-corrected chi connectivity index (χ0v) is 19.5. The van der Waals surface area contributed by atoms with Crippen molar-refractivity contribution in [3.63, 3.8) is 0 Å². The molecule has 34 heavy (non-hydrogen) atoms. The van der Waals surface area contributed by atoms with E-state index in [0.717, 1.165) is 10.6 Å². The van der Waals surface area contributed by atoms with Gasteiger partial charge >= 0.3 is 0 Å². The van der Waals surface area contributed by atoms with Crippen LogP contribution < -0.4 is 19.4 Å². The average molecular weight is 492 g/mol. The maximum Gasteiger partial charge on any atom is 0.270 e. The minimum atomic E-state index is -3.76. The van der Waals surface area contributed by atoms with Gasteiger partial charge in [0.25, 0.3) is 11.6 Å². The van der Waals surface area contributed by atoms with Crippen LogP contribution in [0.3, 0.4) is 0 Å². The van der Waals surface area contributed by atoms with E-state index < -0.39 is 27.4 Å². The highest BCUT2D eigenvalue weighted by atomic mass is 32.2. The lowest BCUT2D eigenvalue weighted by molar-refractivity contribution is -0.384. The molecule has 13 heteroatoms. The van der Waals surface area contributed by atoms with E-state index in [0.29, 0.717) is 43.3 Å². The van der Waals surface area contributed by atoms with Crippen molar-refractivity contribution in [3.05, 3.63) is 58.1 Å². The van der Waals surface area contributed by atoms with Gasteiger partial charge < -0.3 is 14.4 Å². The third-order valence-corrected chi connectivity index (χ3v) is 6.16. The summed E-state index contributed by atoms with van der Waals surface area (Å²) in [6.45, 7) is 1.76. The number of benzene rings is 2. The van der Waals surface area contributed by atoms with Gasteiger partial charge in [-0.1, -0.05) is 0 Å². The van der Waals surface area contributed by atoms with Crippen LogP contribution in [0, 0.1) is 10.1 Å². The summed E-state index contributed by atoms with van der Waals surface area (Å²) in [7, 11) is -2.27. The number of nitro groups is 1. The number of anilines is 2. The minimum absolute atomic E-state index is 0.118. The number of amides is 1. The van der Waals surface area contributed by atoms with Gasteiger partial charge in [-0.05, 0) is 30.3 Å². The van der Waals surface area contributed by atoms with Crippen LogP contribution in [0.15, 0.2) is 47.6 Å². The van der Waals surface area contributed by atoms with Crippen molar-refractivity contribution >= 4 is 39.2 Å². The van der Waals surface area contributed by atoms with Crippen LogP contribution in [0.5, 0.6) is 5.75 Å². The van der Waals surface area contributed by atoms with Crippen molar-refractivity contribution in [2.45, 2.75) is 0 Å². The summed E-state index contributed by atoms with van der Waals surface area (Å²) in [6, 6.07) is 10.6. The molecule has 0 aliphatic carbocycles. The molecule has 1 amide bonds. The molecule has 12 nitrogen and oxygen atoms in total. The first-order chi connectivity index (χ1) is 16.2. The van der Waals surface area contributed by atoms with Crippen LogP contribution in [0.4, 0.5) is 17.1 Å². The van der Waals surface area contributed by atoms with Crippen molar-refractivity contribution in [3.8, 4) is 5.75 Å². The molecule has 1 aliphatic heterocycles. The van der Waals surface area contributed by atoms with Crippen molar-refractivity contribution < 1.29 is 27.6 Å². The molecule has 1 fully saturated rings. The molecule has 0 unspecified atom stereocenters. The van der Waals surface area contributed by atoms with Gasteiger partial charge in [0, 0.05) is 36.5 Å². The first-order valence-corrected chi connectivity index (χ1v) is 12.1. The molecule has 0 atom stereocenters. The third-order valence-electron chi connectivity index (χ3n) is 5.01. The van der Waals surface area contributed by atoms with Crippen molar-refractivity contribution in [1.82, 2.24) is 5.43 Å². The molecule has 0 radical (unpaired) electrons. The minimum Gasteiger partial charge on any atom is -0.497 e. The first kappa shape index (κ1) is 24.9. The summed E-state index contributed by atoms with van der Waals surface area (Å²) in [4.78, 5) is 25.1. The fraction of sp³-hybridized carbons (Fsp3) is 0.333. The van der Waals surface area contributed by atoms with Crippen molar-refractivity contribution in [1.29, 1.82) is 0 Å². The molecular formula is C21H25N5O7S. The predicted molar refractivity (Wildman–Crippen MR) is 127 cm³/mol. The van der Waals surface area contributed by atoms with E-state index in [2.05, 4.69) is 10.5 Å². The van der Waals surface area contributed by atoms with Gasteiger partial charge in [-0.25, -0.2) is 13.8 Å². The number of hydrazone groups is 1. The fourth-order valence-corrected chi connectivity index (χ4v) is 4.20. The Morgan fingerprint density at radius 3 is 2.53 bits per heavy atom. The van der Waals surface area contributed by atoms with Crippen LogP contribution in [0.2, 0.25) is 0 Å². The maximum atomic E-state index is 12.5. The average Bonchev–Trinajstić information content (AvgIpc) is 2.82. The Morgan fingerprint density at radius 2 is 1.94 bits per heavy atom. The van der Waals surface area contributed by atoms with E-state index in [-0.39, 0.29) is 11.4 Å². The molecule has 0 aromatic heterocycles. The number of hydrogen-bond donors (Lipinski definition) is 1. The molecule has 2 aromatic rings. The van der Waals surface area contributed by atoms with Crippen LogP contribution in [0.1, 0.15) is 5.56 Å². The number of morpholine rings is 1. The summed E-state index contributed by atoms with van der Waals surface area (Å²) < 4.78 is 35.8. The summed E-state index contributed by atoms with van der Waals surface area (Å²) in [5.41, 5.74) is 3.61. The second kappa shape index (κ2) is 10.9.